The third-order valence-electron chi connectivity index (χ3n) is 4.37. The molecule has 2 aromatic rings. The lowest BCUT2D eigenvalue weighted by atomic mass is 10.1. The third-order valence-corrected chi connectivity index (χ3v) is 4.37. The van der Waals surface area contributed by atoms with Crippen molar-refractivity contribution in [2.75, 3.05) is 18.4 Å². The Balaban J connectivity index is 1.67. The van der Waals surface area contributed by atoms with Crippen LogP contribution in [-0.4, -0.2) is 35.9 Å². The fraction of sp³-hybridized carbons (Fsp3) is 0.300. The molecule has 1 heterocycles. The number of anilines is 1. The van der Waals surface area contributed by atoms with Crippen molar-refractivity contribution in [3.05, 3.63) is 59.4 Å². The quantitative estimate of drug-likeness (QED) is 0.768. The second-order valence-corrected chi connectivity index (χ2v) is 6.45. The van der Waals surface area contributed by atoms with Gasteiger partial charge in [0.05, 0.1) is 12.2 Å². The molecule has 5 nitrogen and oxygen atoms in total. The van der Waals surface area contributed by atoms with Crippen molar-refractivity contribution < 1.29 is 27.5 Å². The molecule has 0 aliphatic carbocycles. The molecule has 1 aliphatic rings. The van der Waals surface area contributed by atoms with Gasteiger partial charge in [-0.3, -0.25) is 9.59 Å². The van der Waals surface area contributed by atoms with Crippen LogP contribution in [0.2, 0.25) is 0 Å². The van der Waals surface area contributed by atoms with Crippen LogP contribution in [-0.2, 0) is 16.0 Å². The van der Waals surface area contributed by atoms with Gasteiger partial charge in [-0.25, -0.2) is 13.2 Å². The topological polar surface area (TPSA) is 58.6 Å². The first-order valence-electron chi connectivity index (χ1n) is 8.87. The van der Waals surface area contributed by atoms with E-state index in [9.17, 15) is 22.8 Å². The zero-order valence-electron chi connectivity index (χ0n) is 15.2. The van der Waals surface area contributed by atoms with Crippen molar-refractivity contribution >= 4 is 17.5 Å². The Morgan fingerprint density at radius 3 is 2.61 bits per heavy atom. The first-order chi connectivity index (χ1) is 13.4. The van der Waals surface area contributed by atoms with Crippen LogP contribution in [0.25, 0.3) is 0 Å². The van der Waals surface area contributed by atoms with Crippen molar-refractivity contribution in [1.82, 2.24) is 4.90 Å². The molecule has 1 aliphatic heterocycles. The smallest absolute Gasteiger partial charge is 0.264 e. The molecule has 1 atom stereocenters. The fourth-order valence-corrected chi connectivity index (χ4v) is 3.05. The van der Waals surface area contributed by atoms with Gasteiger partial charge in [0.2, 0.25) is 5.91 Å². The molecular formula is C20H19F3N2O3. The summed E-state index contributed by atoms with van der Waals surface area (Å²) in [6, 6.07) is 8.93. The van der Waals surface area contributed by atoms with E-state index in [1.54, 1.807) is 12.1 Å². The number of rotatable bonds is 6. The SMILES string of the molecule is CCCN(CC(=O)Nc1ccc(F)c(F)c1F)C(=O)[C@@H]1Cc2ccccc2O1. The Labute approximate surface area is 160 Å². The highest BCUT2D eigenvalue weighted by Gasteiger charge is 2.32. The summed E-state index contributed by atoms with van der Waals surface area (Å²) in [7, 11) is 0. The van der Waals surface area contributed by atoms with Crippen molar-refractivity contribution in [3.63, 3.8) is 0 Å². The number of benzene rings is 2. The Hall–Kier alpha value is -3.03. The van der Waals surface area contributed by atoms with Gasteiger partial charge in [0, 0.05) is 13.0 Å². The van der Waals surface area contributed by atoms with E-state index in [1.807, 2.05) is 19.1 Å². The number of fused-ring (bicyclic) bond motifs is 1. The molecule has 0 saturated carbocycles. The van der Waals surface area contributed by atoms with Crippen LogP contribution in [0.4, 0.5) is 18.9 Å². The summed E-state index contributed by atoms with van der Waals surface area (Å²) in [5, 5.41) is 2.17. The molecule has 0 fully saturated rings. The molecular weight excluding hydrogens is 373 g/mol. The molecule has 0 unspecified atom stereocenters. The minimum absolute atomic E-state index is 0.294. The Morgan fingerprint density at radius 2 is 1.89 bits per heavy atom. The van der Waals surface area contributed by atoms with Crippen LogP contribution in [0.15, 0.2) is 36.4 Å². The Kier molecular flexibility index (Phi) is 5.87. The van der Waals surface area contributed by atoms with Crippen LogP contribution >= 0.6 is 0 Å². The standard InChI is InChI=1S/C20H19F3N2O3/c1-2-9-25(20(27)16-10-12-5-3-4-6-15(12)28-16)11-17(26)24-14-8-7-13(21)18(22)19(14)23/h3-8,16H,2,9-11H2,1H3,(H,24,26)/t16-/m0/s1. The lowest BCUT2D eigenvalue weighted by molar-refractivity contribution is -0.140. The molecule has 2 amide bonds. The molecule has 0 radical (unpaired) electrons. The van der Waals surface area contributed by atoms with Gasteiger partial charge in [0.25, 0.3) is 5.91 Å². The minimum Gasteiger partial charge on any atom is -0.480 e. The number of carbonyl (C=O) groups is 2. The number of halogens is 3. The second-order valence-electron chi connectivity index (χ2n) is 6.45. The Morgan fingerprint density at radius 1 is 1.14 bits per heavy atom. The van der Waals surface area contributed by atoms with Gasteiger partial charge in [-0.1, -0.05) is 25.1 Å². The van der Waals surface area contributed by atoms with Gasteiger partial charge >= 0.3 is 0 Å². The van der Waals surface area contributed by atoms with E-state index < -0.39 is 35.2 Å². The third kappa shape index (κ3) is 4.11. The monoisotopic (exact) mass is 392 g/mol. The van der Waals surface area contributed by atoms with E-state index in [1.165, 1.54) is 4.90 Å². The molecule has 8 heteroatoms. The van der Waals surface area contributed by atoms with Crippen LogP contribution < -0.4 is 10.1 Å². The van der Waals surface area contributed by atoms with Crippen LogP contribution in [0.3, 0.4) is 0 Å². The van der Waals surface area contributed by atoms with Crippen molar-refractivity contribution in [1.29, 1.82) is 0 Å². The van der Waals surface area contributed by atoms with Crippen LogP contribution in [0.1, 0.15) is 18.9 Å². The van der Waals surface area contributed by atoms with Crippen LogP contribution in [0, 0.1) is 17.5 Å². The number of ether oxygens (including phenoxy) is 1. The molecule has 28 heavy (non-hydrogen) atoms. The maximum atomic E-state index is 13.7. The first-order valence-corrected chi connectivity index (χ1v) is 8.87. The van der Waals surface area contributed by atoms with Gasteiger partial charge in [-0.05, 0) is 30.2 Å². The predicted molar refractivity (Wildman–Crippen MR) is 96.4 cm³/mol. The highest BCUT2D eigenvalue weighted by atomic mass is 19.2. The van der Waals surface area contributed by atoms with Gasteiger partial charge in [-0.2, -0.15) is 0 Å². The summed E-state index contributed by atoms with van der Waals surface area (Å²) in [4.78, 5) is 26.4. The van der Waals surface area contributed by atoms with Crippen molar-refractivity contribution in [3.8, 4) is 5.75 Å². The number of hydrogen-bond donors (Lipinski definition) is 1. The van der Waals surface area contributed by atoms with Gasteiger partial charge < -0.3 is 15.0 Å². The number of nitrogens with zero attached hydrogens (tertiary/aromatic N) is 1. The molecule has 0 bridgehead atoms. The van der Waals surface area contributed by atoms with E-state index in [-0.39, 0.29) is 12.5 Å². The van der Waals surface area contributed by atoms with E-state index in [2.05, 4.69) is 5.32 Å². The normalized spacial score (nSPS) is 14.9. The molecule has 0 aromatic heterocycles. The zero-order chi connectivity index (χ0) is 20.3. The Bertz CT molecular complexity index is 879. The summed E-state index contributed by atoms with van der Waals surface area (Å²) in [6.45, 7) is 1.78. The van der Waals surface area contributed by atoms with E-state index in [4.69, 9.17) is 4.74 Å². The van der Waals surface area contributed by atoms with Crippen molar-refractivity contribution in [2.45, 2.75) is 25.9 Å². The number of hydrogen-bond acceptors (Lipinski definition) is 3. The lowest BCUT2D eigenvalue weighted by Crippen LogP contribution is -2.45. The molecule has 0 saturated heterocycles. The second kappa shape index (κ2) is 8.33. The molecule has 2 aromatic carbocycles. The average Bonchev–Trinajstić information content (AvgIpc) is 3.12. The highest BCUT2D eigenvalue weighted by Crippen LogP contribution is 2.29. The van der Waals surface area contributed by atoms with E-state index >= 15 is 0 Å². The molecule has 3 rings (SSSR count). The summed E-state index contributed by atoms with van der Waals surface area (Å²) in [5.74, 6) is -4.96. The van der Waals surface area contributed by atoms with Gasteiger partial charge in [-0.15, -0.1) is 0 Å². The number of nitrogens with one attached hydrogen (secondary N) is 1. The molecule has 0 spiro atoms. The largest absolute Gasteiger partial charge is 0.480 e. The highest BCUT2D eigenvalue weighted by molar-refractivity contribution is 5.95. The number of carbonyl (C=O) groups excluding carboxylic acids is 2. The minimum atomic E-state index is -1.67. The summed E-state index contributed by atoms with van der Waals surface area (Å²) >= 11 is 0. The van der Waals surface area contributed by atoms with E-state index in [0.717, 1.165) is 11.6 Å². The van der Waals surface area contributed by atoms with Gasteiger partial charge in [0.1, 0.15) is 5.75 Å². The number of amides is 2. The molecule has 148 valence electrons. The fourth-order valence-electron chi connectivity index (χ4n) is 3.05. The summed E-state index contributed by atoms with van der Waals surface area (Å²) in [5.41, 5.74) is 0.419. The van der Waals surface area contributed by atoms with Crippen molar-refractivity contribution in [2.24, 2.45) is 0 Å². The van der Waals surface area contributed by atoms with Crippen LogP contribution in [0.5, 0.6) is 5.75 Å². The lowest BCUT2D eigenvalue weighted by Gasteiger charge is -2.24. The summed E-state index contributed by atoms with van der Waals surface area (Å²) in [6.07, 6.45) is 0.254. The van der Waals surface area contributed by atoms with Gasteiger partial charge in [0.15, 0.2) is 23.6 Å². The average molecular weight is 392 g/mol. The number of para-hydroxylation sites is 1. The van der Waals surface area contributed by atoms with E-state index in [0.29, 0.717) is 31.2 Å². The maximum absolute atomic E-state index is 13.7. The zero-order valence-corrected chi connectivity index (χ0v) is 15.2. The maximum Gasteiger partial charge on any atom is 0.264 e. The summed E-state index contributed by atoms with van der Waals surface area (Å²) < 4.78 is 45.7. The predicted octanol–water partition coefficient (Wildman–Crippen LogP) is 3.28. The first kappa shape index (κ1) is 19.7. The molecule has 1 N–H and O–H groups in total.